The van der Waals surface area contributed by atoms with E-state index < -0.39 is 0 Å². The molecule has 2 aliphatic rings. The van der Waals surface area contributed by atoms with Gasteiger partial charge in [-0.3, -0.25) is 4.90 Å². The molecule has 2 heterocycles. The van der Waals surface area contributed by atoms with Crippen molar-refractivity contribution in [1.82, 2.24) is 10.2 Å². The van der Waals surface area contributed by atoms with Gasteiger partial charge in [0.2, 0.25) is 0 Å². The van der Waals surface area contributed by atoms with Crippen molar-refractivity contribution in [3.63, 3.8) is 0 Å². The third kappa shape index (κ3) is 2.64. The third-order valence-corrected chi connectivity index (χ3v) is 2.58. The first kappa shape index (κ1) is 9.40. The van der Waals surface area contributed by atoms with E-state index in [1.807, 2.05) is 0 Å². The Kier molecular flexibility index (Phi) is 3.55. The zero-order valence-corrected chi connectivity index (χ0v) is 8.00. The van der Waals surface area contributed by atoms with Gasteiger partial charge in [-0.15, -0.1) is 0 Å². The Hall–Kier alpha value is -0.160. The van der Waals surface area contributed by atoms with Crippen LogP contribution in [-0.2, 0) is 9.47 Å². The van der Waals surface area contributed by atoms with Gasteiger partial charge < -0.3 is 14.8 Å². The quantitative estimate of drug-likeness (QED) is 0.607. The molecule has 1 N–H and O–H groups in total. The maximum absolute atomic E-state index is 5.65. The molecule has 4 nitrogen and oxygen atoms in total. The van der Waals surface area contributed by atoms with Crippen LogP contribution < -0.4 is 5.32 Å². The highest BCUT2D eigenvalue weighted by Crippen LogP contribution is 2.08. The average Bonchev–Trinajstić information content (AvgIpc) is 2.47. The van der Waals surface area contributed by atoms with Gasteiger partial charge >= 0.3 is 0 Å². The summed E-state index contributed by atoms with van der Waals surface area (Å²) in [6.07, 6.45) is 1.41. The minimum Gasteiger partial charge on any atom is -0.375 e. The van der Waals surface area contributed by atoms with E-state index in [0.29, 0.717) is 0 Å². The molecule has 2 fully saturated rings. The van der Waals surface area contributed by atoms with Crippen molar-refractivity contribution < 1.29 is 9.47 Å². The van der Waals surface area contributed by atoms with Gasteiger partial charge in [0.15, 0.2) is 0 Å². The van der Waals surface area contributed by atoms with Gasteiger partial charge in [-0.2, -0.15) is 0 Å². The minimum absolute atomic E-state index is 0.202. The van der Waals surface area contributed by atoms with E-state index in [0.717, 1.165) is 46.0 Å². The molecular weight excluding hydrogens is 168 g/mol. The summed E-state index contributed by atoms with van der Waals surface area (Å²) in [7, 11) is 0. The molecule has 76 valence electrons. The highest BCUT2D eigenvalue weighted by atomic mass is 16.6. The Labute approximate surface area is 79.2 Å². The Morgan fingerprint density at radius 2 is 2.15 bits per heavy atom. The molecule has 1 unspecified atom stereocenters. The fourth-order valence-electron chi connectivity index (χ4n) is 1.84. The van der Waals surface area contributed by atoms with Crippen molar-refractivity contribution in [3.05, 3.63) is 0 Å². The Morgan fingerprint density at radius 1 is 1.15 bits per heavy atom. The summed E-state index contributed by atoms with van der Waals surface area (Å²) < 4.78 is 11.0. The second-order valence-electron chi connectivity index (χ2n) is 3.54. The molecular formula is C9H18N2O2. The average molecular weight is 186 g/mol. The van der Waals surface area contributed by atoms with Gasteiger partial charge in [0, 0.05) is 19.6 Å². The number of rotatable bonds is 1. The lowest BCUT2D eigenvalue weighted by molar-refractivity contribution is -0.152. The summed E-state index contributed by atoms with van der Waals surface area (Å²) in [6, 6.07) is 0. The van der Waals surface area contributed by atoms with Crippen molar-refractivity contribution in [2.75, 3.05) is 46.0 Å². The lowest BCUT2D eigenvalue weighted by atomic mass is 10.3. The van der Waals surface area contributed by atoms with E-state index in [9.17, 15) is 0 Å². The van der Waals surface area contributed by atoms with Crippen molar-refractivity contribution >= 4 is 0 Å². The molecule has 0 radical (unpaired) electrons. The molecule has 0 bridgehead atoms. The zero-order valence-electron chi connectivity index (χ0n) is 8.00. The molecule has 0 spiro atoms. The van der Waals surface area contributed by atoms with E-state index in [1.54, 1.807) is 0 Å². The first-order chi connectivity index (χ1) is 6.47. The molecule has 0 aromatic rings. The van der Waals surface area contributed by atoms with Crippen molar-refractivity contribution in [2.45, 2.75) is 12.6 Å². The molecule has 0 aromatic carbocycles. The van der Waals surface area contributed by atoms with Gasteiger partial charge in [0.1, 0.15) is 6.23 Å². The number of nitrogens with zero attached hydrogens (tertiary/aromatic N) is 1. The van der Waals surface area contributed by atoms with Crippen LogP contribution in [0.5, 0.6) is 0 Å². The van der Waals surface area contributed by atoms with Crippen LogP contribution in [0.4, 0.5) is 0 Å². The van der Waals surface area contributed by atoms with E-state index in [-0.39, 0.29) is 6.23 Å². The lowest BCUT2D eigenvalue weighted by Crippen LogP contribution is -2.45. The predicted molar refractivity (Wildman–Crippen MR) is 49.6 cm³/mol. The largest absolute Gasteiger partial charge is 0.375 e. The summed E-state index contributed by atoms with van der Waals surface area (Å²) in [4.78, 5) is 2.37. The third-order valence-electron chi connectivity index (χ3n) is 2.58. The van der Waals surface area contributed by atoms with Crippen LogP contribution in [0.3, 0.4) is 0 Å². The molecule has 4 heteroatoms. The molecule has 1 atom stereocenters. The maximum Gasteiger partial charge on any atom is 0.134 e. The molecule has 0 aliphatic carbocycles. The van der Waals surface area contributed by atoms with Gasteiger partial charge in [-0.25, -0.2) is 0 Å². The van der Waals surface area contributed by atoms with E-state index >= 15 is 0 Å². The molecule has 2 saturated heterocycles. The number of ether oxygens (including phenoxy) is 2. The topological polar surface area (TPSA) is 33.7 Å². The van der Waals surface area contributed by atoms with Gasteiger partial charge in [0.25, 0.3) is 0 Å². The second kappa shape index (κ2) is 4.91. The molecule has 0 saturated carbocycles. The van der Waals surface area contributed by atoms with Crippen LogP contribution in [-0.4, -0.2) is 57.1 Å². The Balaban J connectivity index is 1.82. The van der Waals surface area contributed by atoms with E-state index in [4.69, 9.17) is 9.47 Å². The van der Waals surface area contributed by atoms with Crippen LogP contribution in [0, 0.1) is 0 Å². The van der Waals surface area contributed by atoms with E-state index in [2.05, 4.69) is 10.2 Å². The summed E-state index contributed by atoms with van der Waals surface area (Å²) >= 11 is 0. The molecule has 0 aromatic heterocycles. The zero-order chi connectivity index (χ0) is 8.93. The normalized spacial score (nSPS) is 32.8. The smallest absolute Gasteiger partial charge is 0.134 e. The lowest BCUT2D eigenvalue weighted by Gasteiger charge is -2.32. The fourth-order valence-corrected chi connectivity index (χ4v) is 1.84. The highest BCUT2D eigenvalue weighted by molar-refractivity contribution is 4.70. The van der Waals surface area contributed by atoms with Crippen LogP contribution >= 0.6 is 0 Å². The van der Waals surface area contributed by atoms with Crippen LogP contribution in [0.15, 0.2) is 0 Å². The predicted octanol–water partition coefficient (Wildman–Crippen LogP) is -0.345. The molecule has 13 heavy (non-hydrogen) atoms. The summed E-state index contributed by atoms with van der Waals surface area (Å²) in [6.45, 7) is 6.64. The first-order valence-corrected chi connectivity index (χ1v) is 5.11. The minimum atomic E-state index is 0.202. The highest BCUT2D eigenvalue weighted by Gasteiger charge is 2.22. The monoisotopic (exact) mass is 186 g/mol. The Morgan fingerprint density at radius 3 is 3.00 bits per heavy atom. The van der Waals surface area contributed by atoms with Gasteiger partial charge in [-0.1, -0.05) is 0 Å². The van der Waals surface area contributed by atoms with Crippen LogP contribution in [0.2, 0.25) is 0 Å². The van der Waals surface area contributed by atoms with Crippen LogP contribution in [0.25, 0.3) is 0 Å². The fraction of sp³-hybridized carbons (Fsp3) is 1.00. The van der Waals surface area contributed by atoms with Crippen molar-refractivity contribution in [2.24, 2.45) is 0 Å². The summed E-state index contributed by atoms with van der Waals surface area (Å²) in [5.74, 6) is 0. The first-order valence-electron chi connectivity index (χ1n) is 5.11. The molecule has 2 aliphatic heterocycles. The standard InChI is InChI=1S/C9H18N2O2/c1-2-10-3-5-11(4-1)9-8-12-6-7-13-9/h9-10H,1-8H2. The molecule has 2 rings (SSSR count). The SMILES string of the molecule is C1CNCCN(C2COCCO2)C1. The van der Waals surface area contributed by atoms with E-state index in [1.165, 1.54) is 6.42 Å². The maximum atomic E-state index is 5.65. The number of nitrogens with one attached hydrogen (secondary N) is 1. The van der Waals surface area contributed by atoms with Gasteiger partial charge in [0.05, 0.1) is 19.8 Å². The van der Waals surface area contributed by atoms with Crippen LogP contribution in [0.1, 0.15) is 6.42 Å². The van der Waals surface area contributed by atoms with Crippen molar-refractivity contribution in [1.29, 1.82) is 0 Å². The summed E-state index contributed by atoms with van der Waals surface area (Å²) in [5.41, 5.74) is 0. The van der Waals surface area contributed by atoms with Crippen molar-refractivity contribution in [3.8, 4) is 0 Å². The van der Waals surface area contributed by atoms with Gasteiger partial charge in [-0.05, 0) is 13.0 Å². The summed E-state index contributed by atoms with van der Waals surface area (Å²) in [5, 5.41) is 3.38. The molecule has 0 amide bonds. The number of hydrogen-bond donors (Lipinski definition) is 1. The second-order valence-corrected chi connectivity index (χ2v) is 3.54. The Bertz CT molecular complexity index is 141. The number of hydrogen-bond acceptors (Lipinski definition) is 4.